The molecule has 0 aliphatic heterocycles. The lowest BCUT2D eigenvalue weighted by atomic mass is 10.1. The highest BCUT2D eigenvalue weighted by Gasteiger charge is 2.29. The SMILES string of the molecule is CCCCNC(=O)[C@H](CC)N(Cc1ccccc1Cl)C(=O)COc1ccc(Cl)c(C)c1. The van der Waals surface area contributed by atoms with Gasteiger partial charge in [-0.05, 0) is 55.2 Å². The van der Waals surface area contributed by atoms with E-state index >= 15 is 0 Å². The molecule has 5 nitrogen and oxygen atoms in total. The molecule has 1 N–H and O–H groups in total. The number of carbonyl (C=O) groups excluding carboxylic acids is 2. The predicted octanol–water partition coefficient (Wildman–Crippen LogP) is 5.40. The first-order chi connectivity index (χ1) is 14.9. The molecule has 2 aromatic rings. The van der Waals surface area contributed by atoms with E-state index in [0.29, 0.717) is 28.8 Å². The van der Waals surface area contributed by atoms with E-state index in [4.69, 9.17) is 27.9 Å². The fraction of sp³-hybridized carbons (Fsp3) is 0.417. The minimum atomic E-state index is -0.615. The molecule has 31 heavy (non-hydrogen) atoms. The summed E-state index contributed by atoms with van der Waals surface area (Å²) in [6.07, 6.45) is 2.35. The molecule has 2 aromatic carbocycles. The Morgan fingerprint density at radius 2 is 1.84 bits per heavy atom. The van der Waals surface area contributed by atoms with Crippen LogP contribution >= 0.6 is 23.2 Å². The van der Waals surface area contributed by atoms with Gasteiger partial charge in [-0.2, -0.15) is 0 Å². The van der Waals surface area contributed by atoms with Crippen molar-refractivity contribution in [2.24, 2.45) is 0 Å². The maximum Gasteiger partial charge on any atom is 0.261 e. The van der Waals surface area contributed by atoms with Crippen LogP contribution in [0.4, 0.5) is 0 Å². The van der Waals surface area contributed by atoms with Crippen molar-refractivity contribution in [2.75, 3.05) is 13.2 Å². The molecule has 0 bridgehead atoms. The number of amides is 2. The molecule has 0 saturated heterocycles. The molecule has 2 rings (SSSR count). The monoisotopic (exact) mass is 464 g/mol. The lowest BCUT2D eigenvalue weighted by molar-refractivity contribution is -0.143. The minimum absolute atomic E-state index is 0.168. The maximum atomic E-state index is 13.2. The molecule has 0 unspecified atom stereocenters. The highest BCUT2D eigenvalue weighted by molar-refractivity contribution is 6.31. The summed E-state index contributed by atoms with van der Waals surface area (Å²) in [4.78, 5) is 27.6. The Labute approximate surface area is 194 Å². The normalized spacial score (nSPS) is 11.6. The summed E-state index contributed by atoms with van der Waals surface area (Å²) in [5.41, 5.74) is 1.64. The molecule has 0 radical (unpaired) electrons. The fourth-order valence-electron chi connectivity index (χ4n) is 3.17. The van der Waals surface area contributed by atoms with Crippen LogP contribution in [0.3, 0.4) is 0 Å². The second-order valence-corrected chi connectivity index (χ2v) is 8.20. The van der Waals surface area contributed by atoms with Crippen LogP contribution in [0, 0.1) is 6.92 Å². The van der Waals surface area contributed by atoms with Crippen LogP contribution in [0.15, 0.2) is 42.5 Å². The molecule has 1 atom stereocenters. The van der Waals surface area contributed by atoms with Crippen LogP contribution in [0.25, 0.3) is 0 Å². The maximum absolute atomic E-state index is 13.2. The van der Waals surface area contributed by atoms with Gasteiger partial charge in [-0.1, -0.05) is 61.7 Å². The number of aryl methyl sites for hydroxylation is 1. The summed E-state index contributed by atoms with van der Waals surface area (Å²) < 4.78 is 5.71. The zero-order valence-corrected chi connectivity index (χ0v) is 19.8. The molecule has 0 heterocycles. The van der Waals surface area contributed by atoms with E-state index in [1.807, 2.05) is 32.0 Å². The van der Waals surface area contributed by atoms with Gasteiger partial charge >= 0.3 is 0 Å². The summed E-state index contributed by atoms with van der Waals surface area (Å²) in [6, 6.07) is 11.9. The molecule has 0 saturated carbocycles. The van der Waals surface area contributed by atoms with Crippen LogP contribution in [0.5, 0.6) is 5.75 Å². The first-order valence-corrected chi connectivity index (χ1v) is 11.3. The highest BCUT2D eigenvalue weighted by atomic mass is 35.5. The zero-order chi connectivity index (χ0) is 22.8. The van der Waals surface area contributed by atoms with Gasteiger partial charge in [0.15, 0.2) is 6.61 Å². The predicted molar refractivity (Wildman–Crippen MR) is 126 cm³/mol. The van der Waals surface area contributed by atoms with Crippen molar-refractivity contribution in [3.05, 3.63) is 63.6 Å². The summed E-state index contributed by atoms with van der Waals surface area (Å²) in [6.45, 7) is 6.44. The Hall–Kier alpha value is -2.24. The van der Waals surface area contributed by atoms with Crippen molar-refractivity contribution in [3.63, 3.8) is 0 Å². The summed E-state index contributed by atoms with van der Waals surface area (Å²) in [5.74, 6) is 0.0945. The van der Waals surface area contributed by atoms with Gasteiger partial charge in [0, 0.05) is 23.1 Å². The number of hydrogen-bond acceptors (Lipinski definition) is 3. The minimum Gasteiger partial charge on any atom is -0.484 e. The number of rotatable bonds is 11. The number of hydrogen-bond donors (Lipinski definition) is 1. The van der Waals surface area contributed by atoms with Gasteiger partial charge in [-0.25, -0.2) is 0 Å². The number of ether oxygens (including phenoxy) is 1. The number of halogens is 2. The molecular formula is C24H30Cl2N2O3. The van der Waals surface area contributed by atoms with E-state index in [9.17, 15) is 9.59 Å². The van der Waals surface area contributed by atoms with Crippen molar-refractivity contribution in [1.82, 2.24) is 10.2 Å². The lowest BCUT2D eigenvalue weighted by Crippen LogP contribution is -2.50. The van der Waals surface area contributed by atoms with Crippen LogP contribution in [0.1, 0.15) is 44.2 Å². The van der Waals surface area contributed by atoms with Gasteiger partial charge in [-0.3, -0.25) is 9.59 Å². The average molecular weight is 465 g/mol. The largest absolute Gasteiger partial charge is 0.484 e. The van der Waals surface area contributed by atoms with Crippen molar-refractivity contribution < 1.29 is 14.3 Å². The van der Waals surface area contributed by atoms with Gasteiger partial charge in [0.05, 0.1) is 0 Å². The summed E-state index contributed by atoms with van der Waals surface area (Å²) >= 11 is 12.4. The standard InChI is InChI=1S/C24H30Cl2N2O3/c1-4-6-13-27-24(30)22(5-2)28(15-18-9-7-8-10-21(18)26)23(29)16-31-19-11-12-20(25)17(3)14-19/h7-12,14,22H,4-6,13,15-16H2,1-3H3,(H,27,30)/t22-/m0/s1. The number of carbonyl (C=O) groups is 2. The van der Waals surface area contributed by atoms with Gasteiger partial charge < -0.3 is 15.0 Å². The molecule has 7 heteroatoms. The second-order valence-electron chi connectivity index (χ2n) is 7.38. The van der Waals surface area contributed by atoms with E-state index in [0.717, 1.165) is 24.0 Å². The Bertz CT molecular complexity index is 889. The van der Waals surface area contributed by atoms with Gasteiger partial charge in [0.2, 0.25) is 5.91 Å². The average Bonchev–Trinajstić information content (AvgIpc) is 2.75. The first kappa shape index (κ1) is 25.0. The third-order valence-corrected chi connectivity index (χ3v) is 5.80. The van der Waals surface area contributed by atoms with E-state index < -0.39 is 6.04 Å². The number of unbranched alkanes of at least 4 members (excludes halogenated alkanes) is 1. The second kappa shape index (κ2) is 12.6. The van der Waals surface area contributed by atoms with Crippen LogP contribution in [-0.4, -0.2) is 35.9 Å². The Balaban J connectivity index is 2.20. The van der Waals surface area contributed by atoms with Crippen molar-refractivity contribution in [1.29, 1.82) is 0 Å². The molecule has 0 fully saturated rings. The van der Waals surface area contributed by atoms with E-state index in [1.165, 1.54) is 0 Å². The molecule has 0 aromatic heterocycles. The zero-order valence-electron chi connectivity index (χ0n) is 18.3. The Morgan fingerprint density at radius 1 is 1.10 bits per heavy atom. The van der Waals surface area contributed by atoms with Crippen LogP contribution < -0.4 is 10.1 Å². The first-order valence-electron chi connectivity index (χ1n) is 10.6. The van der Waals surface area contributed by atoms with Gasteiger partial charge in [0.25, 0.3) is 5.91 Å². The quantitative estimate of drug-likeness (QED) is 0.452. The van der Waals surface area contributed by atoms with E-state index in [2.05, 4.69) is 12.2 Å². The molecular weight excluding hydrogens is 435 g/mol. The smallest absolute Gasteiger partial charge is 0.261 e. The fourth-order valence-corrected chi connectivity index (χ4v) is 3.48. The molecule has 0 aliphatic rings. The van der Waals surface area contributed by atoms with E-state index in [-0.39, 0.29) is 25.0 Å². The molecule has 0 aliphatic carbocycles. The molecule has 0 spiro atoms. The lowest BCUT2D eigenvalue weighted by Gasteiger charge is -2.31. The molecule has 2 amide bonds. The highest BCUT2D eigenvalue weighted by Crippen LogP contribution is 2.22. The Morgan fingerprint density at radius 3 is 2.48 bits per heavy atom. The number of nitrogens with one attached hydrogen (secondary N) is 1. The van der Waals surface area contributed by atoms with Crippen molar-refractivity contribution in [3.8, 4) is 5.75 Å². The van der Waals surface area contributed by atoms with Crippen molar-refractivity contribution in [2.45, 2.75) is 52.6 Å². The molecule has 168 valence electrons. The topological polar surface area (TPSA) is 58.6 Å². The third kappa shape index (κ3) is 7.44. The summed E-state index contributed by atoms with van der Waals surface area (Å²) in [5, 5.41) is 4.12. The van der Waals surface area contributed by atoms with Crippen LogP contribution in [-0.2, 0) is 16.1 Å². The summed E-state index contributed by atoms with van der Waals surface area (Å²) in [7, 11) is 0. The number of nitrogens with zero attached hydrogens (tertiary/aromatic N) is 1. The Kier molecular flexibility index (Phi) is 10.2. The van der Waals surface area contributed by atoms with Gasteiger partial charge in [-0.15, -0.1) is 0 Å². The number of benzene rings is 2. The van der Waals surface area contributed by atoms with Crippen molar-refractivity contribution >= 4 is 35.0 Å². The van der Waals surface area contributed by atoms with Gasteiger partial charge in [0.1, 0.15) is 11.8 Å². The van der Waals surface area contributed by atoms with E-state index in [1.54, 1.807) is 29.2 Å². The third-order valence-electron chi connectivity index (χ3n) is 5.01. The van der Waals surface area contributed by atoms with Crippen LogP contribution in [0.2, 0.25) is 10.0 Å².